The summed E-state index contributed by atoms with van der Waals surface area (Å²) < 4.78 is 7.58. The van der Waals surface area contributed by atoms with Crippen molar-refractivity contribution in [1.29, 1.82) is 0 Å². The van der Waals surface area contributed by atoms with E-state index in [1.54, 1.807) is 0 Å². The highest BCUT2D eigenvalue weighted by atomic mass is 35.5. The second-order valence-corrected chi connectivity index (χ2v) is 6.22. The monoisotopic (exact) mass is 373 g/mol. The molecule has 0 radical (unpaired) electrons. The molecule has 2 aliphatic rings. The molecular weight excluding hydrogens is 349 g/mol. The standard InChI is InChI=1S/C16H23N5O.2ClH/c1-20-11-18-15-14(20)10-13(12-2-4-17-5-3-12)19-16(15)21-6-8-22-9-7-21;;/h10-12,17H,2-9H2,1H3;2*1H. The molecule has 0 atom stereocenters. The van der Waals surface area contributed by atoms with Crippen LogP contribution in [0, 0.1) is 0 Å². The van der Waals surface area contributed by atoms with Gasteiger partial charge < -0.3 is 19.5 Å². The van der Waals surface area contributed by atoms with Crippen molar-refractivity contribution in [3.63, 3.8) is 0 Å². The van der Waals surface area contributed by atoms with E-state index in [1.807, 2.05) is 6.33 Å². The molecule has 6 nitrogen and oxygen atoms in total. The zero-order chi connectivity index (χ0) is 14.9. The van der Waals surface area contributed by atoms with Crippen molar-refractivity contribution in [2.75, 3.05) is 44.3 Å². The molecule has 4 heterocycles. The third kappa shape index (κ3) is 3.61. The van der Waals surface area contributed by atoms with E-state index in [4.69, 9.17) is 9.72 Å². The number of pyridine rings is 1. The predicted octanol–water partition coefficient (Wildman–Crippen LogP) is 2.12. The third-order valence-electron chi connectivity index (χ3n) is 4.78. The van der Waals surface area contributed by atoms with Crippen LogP contribution in [-0.4, -0.2) is 53.9 Å². The number of morpholine rings is 1. The molecular formula is C16H25Cl2N5O. The number of fused-ring (bicyclic) bond motifs is 1. The fraction of sp³-hybridized carbons (Fsp3) is 0.625. The second kappa shape index (κ2) is 8.34. The fourth-order valence-electron chi connectivity index (χ4n) is 3.45. The molecule has 24 heavy (non-hydrogen) atoms. The van der Waals surface area contributed by atoms with Crippen molar-refractivity contribution < 1.29 is 4.74 Å². The van der Waals surface area contributed by atoms with Gasteiger partial charge in [0.15, 0.2) is 5.82 Å². The first kappa shape index (κ1) is 19.2. The maximum atomic E-state index is 5.48. The van der Waals surface area contributed by atoms with Gasteiger partial charge in [-0.25, -0.2) is 9.97 Å². The zero-order valence-corrected chi connectivity index (χ0v) is 15.5. The summed E-state index contributed by atoms with van der Waals surface area (Å²) in [5.41, 5.74) is 3.42. The first-order chi connectivity index (χ1) is 10.8. The first-order valence-corrected chi connectivity index (χ1v) is 8.18. The highest BCUT2D eigenvalue weighted by Gasteiger charge is 2.23. The number of nitrogens with zero attached hydrogens (tertiary/aromatic N) is 4. The number of halogens is 2. The minimum absolute atomic E-state index is 0. The summed E-state index contributed by atoms with van der Waals surface area (Å²) in [5.74, 6) is 1.59. The quantitative estimate of drug-likeness (QED) is 0.873. The third-order valence-corrected chi connectivity index (χ3v) is 4.78. The van der Waals surface area contributed by atoms with E-state index in [1.165, 1.54) is 24.1 Å². The molecule has 0 saturated carbocycles. The van der Waals surface area contributed by atoms with Crippen LogP contribution in [0.25, 0.3) is 11.0 Å². The van der Waals surface area contributed by atoms with Crippen LogP contribution in [0.1, 0.15) is 24.5 Å². The van der Waals surface area contributed by atoms with Crippen molar-refractivity contribution in [2.45, 2.75) is 18.8 Å². The molecule has 0 aromatic carbocycles. The number of anilines is 1. The molecule has 0 bridgehead atoms. The zero-order valence-electron chi connectivity index (χ0n) is 13.9. The van der Waals surface area contributed by atoms with Gasteiger partial charge in [-0.2, -0.15) is 0 Å². The van der Waals surface area contributed by atoms with E-state index >= 15 is 0 Å². The minimum Gasteiger partial charge on any atom is -0.378 e. The molecule has 8 heteroatoms. The summed E-state index contributed by atoms with van der Waals surface area (Å²) in [6, 6.07) is 2.24. The Morgan fingerprint density at radius 1 is 1.17 bits per heavy atom. The van der Waals surface area contributed by atoms with Crippen LogP contribution in [0.2, 0.25) is 0 Å². The Bertz CT molecular complexity index is 666. The van der Waals surface area contributed by atoms with Crippen LogP contribution in [-0.2, 0) is 11.8 Å². The number of ether oxygens (including phenoxy) is 1. The molecule has 2 saturated heterocycles. The smallest absolute Gasteiger partial charge is 0.157 e. The van der Waals surface area contributed by atoms with Crippen molar-refractivity contribution in [1.82, 2.24) is 19.9 Å². The lowest BCUT2D eigenvalue weighted by Gasteiger charge is -2.29. The van der Waals surface area contributed by atoms with Crippen LogP contribution in [0.4, 0.5) is 5.82 Å². The maximum Gasteiger partial charge on any atom is 0.157 e. The van der Waals surface area contributed by atoms with Crippen LogP contribution in [0.15, 0.2) is 12.4 Å². The number of aryl methyl sites for hydroxylation is 1. The molecule has 1 N–H and O–H groups in total. The minimum atomic E-state index is 0. The van der Waals surface area contributed by atoms with E-state index in [2.05, 4.69) is 32.9 Å². The summed E-state index contributed by atoms with van der Waals surface area (Å²) in [6.07, 6.45) is 4.22. The molecule has 2 fully saturated rings. The van der Waals surface area contributed by atoms with Gasteiger partial charge in [-0.1, -0.05) is 0 Å². The van der Waals surface area contributed by atoms with Crippen LogP contribution in [0.5, 0.6) is 0 Å². The Morgan fingerprint density at radius 3 is 2.58 bits per heavy atom. The van der Waals surface area contributed by atoms with Gasteiger partial charge >= 0.3 is 0 Å². The van der Waals surface area contributed by atoms with Gasteiger partial charge in [0.25, 0.3) is 0 Å². The lowest BCUT2D eigenvalue weighted by molar-refractivity contribution is 0.122. The normalized spacial score (nSPS) is 19.0. The Labute approximate surface area is 154 Å². The van der Waals surface area contributed by atoms with Crippen molar-refractivity contribution in [3.05, 3.63) is 18.1 Å². The lowest BCUT2D eigenvalue weighted by atomic mass is 9.94. The molecule has 0 amide bonds. The predicted molar refractivity (Wildman–Crippen MR) is 101 cm³/mol. The Kier molecular flexibility index (Phi) is 6.69. The summed E-state index contributed by atoms with van der Waals surface area (Å²) in [4.78, 5) is 11.9. The summed E-state index contributed by atoms with van der Waals surface area (Å²) in [7, 11) is 2.06. The van der Waals surface area contributed by atoms with Crippen molar-refractivity contribution in [2.24, 2.45) is 7.05 Å². The molecule has 0 aliphatic carbocycles. The molecule has 2 aromatic heterocycles. The van der Waals surface area contributed by atoms with Crippen LogP contribution < -0.4 is 10.2 Å². The fourth-order valence-corrected chi connectivity index (χ4v) is 3.45. The van der Waals surface area contributed by atoms with E-state index in [0.29, 0.717) is 5.92 Å². The topological polar surface area (TPSA) is 55.2 Å². The second-order valence-electron chi connectivity index (χ2n) is 6.22. The van der Waals surface area contributed by atoms with Gasteiger partial charge in [0.1, 0.15) is 5.52 Å². The van der Waals surface area contributed by atoms with Gasteiger partial charge in [0, 0.05) is 31.7 Å². The van der Waals surface area contributed by atoms with E-state index in [0.717, 1.165) is 50.7 Å². The van der Waals surface area contributed by atoms with Gasteiger partial charge in [0.05, 0.1) is 25.1 Å². The molecule has 4 rings (SSSR count). The maximum absolute atomic E-state index is 5.48. The van der Waals surface area contributed by atoms with Crippen LogP contribution >= 0.6 is 24.8 Å². The Hall–Kier alpha value is -1.08. The summed E-state index contributed by atoms with van der Waals surface area (Å²) in [5, 5.41) is 3.43. The Balaban J connectivity index is 0.00000104. The number of hydrogen-bond acceptors (Lipinski definition) is 5. The van der Waals surface area contributed by atoms with Gasteiger partial charge in [-0.3, -0.25) is 0 Å². The van der Waals surface area contributed by atoms with Gasteiger partial charge in [-0.05, 0) is 32.0 Å². The van der Waals surface area contributed by atoms with Crippen LogP contribution in [0.3, 0.4) is 0 Å². The Morgan fingerprint density at radius 2 is 1.88 bits per heavy atom. The number of aromatic nitrogens is 3. The van der Waals surface area contributed by atoms with Gasteiger partial charge in [0.2, 0.25) is 0 Å². The number of nitrogens with one attached hydrogen (secondary N) is 1. The average Bonchev–Trinajstić information content (AvgIpc) is 2.97. The number of hydrogen-bond donors (Lipinski definition) is 1. The van der Waals surface area contributed by atoms with Gasteiger partial charge in [-0.15, -0.1) is 24.8 Å². The largest absolute Gasteiger partial charge is 0.378 e. The van der Waals surface area contributed by atoms with Crippen molar-refractivity contribution >= 4 is 41.7 Å². The lowest BCUT2D eigenvalue weighted by Crippen LogP contribution is -2.37. The number of imidazole rings is 1. The van der Waals surface area contributed by atoms with Crippen molar-refractivity contribution in [3.8, 4) is 0 Å². The summed E-state index contributed by atoms with van der Waals surface area (Å²) >= 11 is 0. The first-order valence-electron chi connectivity index (χ1n) is 8.18. The van der Waals surface area contributed by atoms with E-state index < -0.39 is 0 Å². The molecule has 0 spiro atoms. The molecule has 2 aliphatic heterocycles. The number of piperidine rings is 1. The molecule has 134 valence electrons. The van der Waals surface area contributed by atoms with E-state index in [-0.39, 0.29) is 24.8 Å². The summed E-state index contributed by atoms with van der Waals surface area (Å²) in [6.45, 7) is 5.51. The number of rotatable bonds is 2. The SMILES string of the molecule is Cl.Cl.Cn1cnc2c(N3CCOCC3)nc(C3CCNCC3)cc21. The van der Waals surface area contributed by atoms with E-state index in [9.17, 15) is 0 Å². The average molecular weight is 374 g/mol. The highest BCUT2D eigenvalue weighted by Crippen LogP contribution is 2.31. The highest BCUT2D eigenvalue weighted by molar-refractivity contribution is 5.87. The molecule has 0 unspecified atom stereocenters. The molecule has 2 aromatic rings.